The van der Waals surface area contributed by atoms with E-state index in [1.54, 1.807) is 6.07 Å². The number of benzene rings is 1. The van der Waals surface area contributed by atoms with E-state index < -0.39 is 0 Å². The Morgan fingerprint density at radius 3 is 2.73 bits per heavy atom. The second kappa shape index (κ2) is 6.43. The van der Waals surface area contributed by atoms with Crippen LogP contribution in [0.3, 0.4) is 0 Å². The van der Waals surface area contributed by atoms with Crippen LogP contribution in [0.25, 0.3) is 11.3 Å². The van der Waals surface area contributed by atoms with Crippen LogP contribution in [0, 0.1) is 0 Å². The number of aromatic nitrogens is 2. The number of carbonyl (C=O) groups is 1. The van der Waals surface area contributed by atoms with Crippen LogP contribution >= 0.6 is 0 Å². The Morgan fingerprint density at radius 2 is 2.00 bits per heavy atom. The Labute approximate surface area is 128 Å². The molecule has 22 heavy (non-hydrogen) atoms. The van der Waals surface area contributed by atoms with Crippen molar-refractivity contribution in [1.82, 2.24) is 15.5 Å². The van der Waals surface area contributed by atoms with Crippen LogP contribution in [-0.4, -0.2) is 22.3 Å². The van der Waals surface area contributed by atoms with E-state index >= 15 is 0 Å². The average Bonchev–Trinajstić information content (AvgIpc) is 3.01. The van der Waals surface area contributed by atoms with Gasteiger partial charge < -0.3 is 10.6 Å². The van der Waals surface area contributed by atoms with Crippen LogP contribution in [0.5, 0.6) is 0 Å². The van der Waals surface area contributed by atoms with Gasteiger partial charge in [-0.15, -0.1) is 0 Å². The largest absolute Gasteiger partial charge is 0.335 e. The summed E-state index contributed by atoms with van der Waals surface area (Å²) in [6.45, 7) is 0. The van der Waals surface area contributed by atoms with Crippen molar-refractivity contribution >= 4 is 11.7 Å². The van der Waals surface area contributed by atoms with Crippen molar-refractivity contribution in [1.29, 1.82) is 0 Å². The molecule has 0 unspecified atom stereocenters. The zero-order valence-electron chi connectivity index (χ0n) is 12.1. The number of urea groups is 1. The second-order valence-corrected chi connectivity index (χ2v) is 5.47. The molecule has 0 spiro atoms. The Kier molecular flexibility index (Phi) is 4.18. The zero-order chi connectivity index (χ0) is 15.4. The summed E-state index contributed by atoms with van der Waals surface area (Å²) < 4.78 is 0. The molecule has 1 aromatic heterocycles. The molecule has 3 rings (SSSR count). The van der Waals surface area contributed by atoms with Gasteiger partial charge in [-0.25, -0.2) is 9.89 Å². The lowest BCUT2D eigenvalue weighted by atomic mass is 10.1. The topological polar surface area (TPSA) is 86.9 Å². The van der Waals surface area contributed by atoms with Crippen molar-refractivity contribution in [2.45, 2.75) is 31.7 Å². The number of rotatable bonds is 3. The third-order valence-corrected chi connectivity index (χ3v) is 3.79. The van der Waals surface area contributed by atoms with Gasteiger partial charge in [0.1, 0.15) is 0 Å². The number of hydrogen-bond acceptors (Lipinski definition) is 3. The lowest BCUT2D eigenvalue weighted by molar-refractivity contribution is 0.248. The minimum atomic E-state index is -0.242. The fourth-order valence-electron chi connectivity index (χ4n) is 2.68. The number of nitrogens with zero attached hydrogens (tertiary/aromatic N) is 1. The maximum absolute atomic E-state index is 12.0. The molecular formula is C16H18N4O2. The minimum absolute atomic E-state index is 0.182. The highest BCUT2D eigenvalue weighted by molar-refractivity contribution is 5.90. The molecule has 0 aliphatic heterocycles. The number of carbonyl (C=O) groups excluding carboxylic acids is 1. The van der Waals surface area contributed by atoms with E-state index in [0.717, 1.165) is 18.4 Å². The molecule has 0 bridgehead atoms. The average molecular weight is 298 g/mol. The molecule has 114 valence electrons. The van der Waals surface area contributed by atoms with E-state index in [1.165, 1.54) is 18.9 Å². The summed E-state index contributed by atoms with van der Waals surface area (Å²) in [7, 11) is 0. The number of aromatic amines is 1. The summed E-state index contributed by atoms with van der Waals surface area (Å²) in [6, 6.07) is 10.5. The van der Waals surface area contributed by atoms with Gasteiger partial charge in [0.25, 0.3) is 5.56 Å². The third kappa shape index (κ3) is 3.52. The molecule has 0 atom stereocenters. The van der Waals surface area contributed by atoms with Crippen molar-refractivity contribution in [3.8, 4) is 11.3 Å². The fraction of sp³-hybridized carbons (Fsp3) is 0.312. The SMILES string of the molecule is O=C(Nc1cccc(-c2ccc(=O)[nH]n2)c1)NC1CCCC1. The summed E-state index contributed by atoms with van der Waals surface area (Å²) in [6.07, 6.45) is 4.46. The number of H-pyrrole nitrogens is 1. The highest BCUT2D eigenvalue weighted by Crippen LogP contribution is 2.20. The van der Waals surface area contributed by atoms with Crippen LogP contribution in [0.1, 0.15) is 25.7 Å². The van der Waals surface area contributed by atoms with Crippen molar-refractivity contribution < 1.29 is 4.79 Å². The molecule has 0 saturated heterocycles. The molecule has 0 radical (unpaired) electrons. The lowest BCUT2D eigenvalue weighted by Gasteiger charge is -2.13. The Balaban J connectivity index is 1.69. The van der Waals surface area contributed by atoms with Crippen molar-refractivity contribution in [2.75, 3.05) is 5.32 Å². The van der Waals surface area contributed by atoms with Crippen molar-refractivity contribution in [2.24, 2.45) is 0 Å². The maximum atomic E-state index is 12.0. The minimum Gasteiger partial charge on any atom is -0.335 e. The first-order chi connectivity index (χ1) is 10.7. The molecule has 1 aromatic carbocycles. The summed E-state index contributed by atoms with van der Waals surface area (Å²) in [4.78, 5) is 23.0. The number of anilines is 1. The molecule has 3 N–H and O–H groups in total. The van der Waals surface area contributed by atoms with E-state index in [2.05, 4.69) is 20.8 Å². The molecule has 6 nitrogen and oxygen atoms in total. The standard InChI is InChI=1S/C16H18N4O2/c21-15-9-8-14(19-20-15)11-4-3-7-13(10-11)18-16(22)17-12-5-1-2-6-12/h3-4,7-10,12H,1-2,5-6H2,(H,20,21)(H2,17,18,22). The van der Waals surface area contributed by atoms with E-state index in [-0.39, 0.29) is 17.6 Å². The zero-order valence-corrected chi connectivity index (χ0v) is 12.1. The molecule has 1 fully saturated rings. The Hall–Kier alpha value is -2.63. The van der Waals surface area contributed by atoms with Gasteiger partial charge in [0, 0.05) is 23.4 Å². The molecule has 2 amide bonds. The van der Waals surface area contributed by atoms with E-state index in [1.807, 2.05) is 24.3 Å². The van der Waals surface area contributed by atoms with Gasteiger partial charge in [-0.1, -0.05) is 25.0 Å². The third-order valence-electron chi connectivity index (χ3n) is 3.79. The molecule has 1 heterocycles. The molecule has 2 aromatic rings. The van der Waals surface area contributed by atoms with Gasteiger partial charge in [0.15, 0.2) is 0 Å². The first kappa shape index (κ1) is 14.3. The fourth-order valence-corrected chi connectivity index (χ4v) is 2.68. The van der Waals surface area contributed by atoms with Crippen LogP contribution in [0.4, 0.5) is 10.5 Å². The van der Waals surface area contributed by atoms with Gasteiger partial charge in [0.05, 0.1) is 5.69 Å². The van der Waals surface area contributed by atoms with Crippen molar-refractivity contribution in [3.63, 3.8) is 0 Å². The molecule has 1 aliphatic rings. The second-order valence-electron chi connectivity index (χ2n) is 5.47. The van der Waals surface area contributed by atoms with Gasteiger partial charge in [-0.3, -0.25) is 4.79 Å². The summed E-state index contributed by atoms with van der Waals surface area (Å²) in [5.41, 5.74) is 1.93. The predicted molar refractivity (Wildman–Crippen MR) is 84.7 cm³/mol. The van der Waals surface area contributed by atoms with Gasteiger partial charge in [-0.05, 0) is 31.0 Å². The van der Waals surface area contributed by atoms with Gasteiger partial charge in [0.2, 0.25) is 0 Å². The van der Waals surface area contributed by atoms with E-state index in [0.29, 0.717) is 11.4 Å². The Bertz CT molecular complexity index is 700. The van der Waals surface area contributed by atoms with Gasteiger partial charge in [-0.2, -0.15) is 5.10 Å². The maximum Gasteiger partial charge on any atom is 0.319 e. The molecule has 1 saturated carbocycles. The summed E-state index contributed by atoms with van der Waals surface area (Å²) in [5, 5.41) is 12.2. The first-order valence-electron chi connectivity index (χ1n) is 7.44. The van der Waals surface area contributed by atoms with Gasteiger partial charge >= 0.3 is 6.03 Å². The predicted octanol–water partition coefficient (Wildman–Crippen LogP) is 2.50. The first-order valence-corrected chi connectivity index (χ1v) is 7.44. The van der Waals surface area contributed by atoms with Crippen LogP contribution in [0.15, 0.2) is 41.2 Å². The highest BCUT2D eigenvalue weighted by Gasteiger charge is 2.17. The van der Waals surface area contributed by atoms with E-state index in [9.17, 15) is 9.59 Å². The summed E-state index contributed by atoms with van der Waals surface area (Å²) in [5.74, 6) is 0. The van der Waals surface area contributed by atoms with Crippen LogP contribution < -0.4 is 16.2 Å². The monoisotopic (exact) mass is 298 g/mol. The van der Waals surface area contributed by atoms with Crippen molar-refractivity contribution in [3.05, 3.63) is 46.8 Å². The number of nitrogens with one attached hydrogen (secondary N) is 3. The normalized spacial score (nSPS) is 14.7. The molecular weight excluding hydrogens is 280 g/mol. The quantitative estimate of drug-likeness (QED) is 0.813. The van der Waals surface area contributed by atoms with Crippen LogP contribution in [-0.2, 0) is 0 Å². The molecule has 1 aliphatic carbocycles. The van der Waals surface area contributed by atoms with E-state index in [4.69, 9.17) is 0 Å². The van der Waals surface area contributed by atoms with Crippen LogP contribution in [0.2, 0.25) is 0 Å². The number of amides is 2. The Morgan fingerprint density at radius 1 is 1.18 bits per heavy atom. The lowest BCUT2D eigenvalue weighted by Crippen LogP contribution is -2.36. The smallest absolute Gasteiger partial charge is 0.319 e. The summed E-state index contributed by atoms with van der Waals surface area (Å²) >= 11 is 0. The molecule has 6 heteroatoms. The number of hydrogen-bond donors (Lipinski definition) is 3. The highest BCUT2D eigenvalue weighted by atomic mass is 16.2.